The number of phenols is 1. The van der Waals surface area contributed by atoms with Gasteiger partial charge in [0.05, 0.1) is 23.3 Å². The monoisotopic (exact) mass is 673 g/mol. The first-order valence-corrected chi connectivity index (χ1v) is 17.1. The molecular formula is C37H38ClF2N5O3. The van der Waals surface area contributed by atoms with Gasteiger partial charge in [-0.15, -0.1) is 6.42 Å². The molecule has 4 fully saturated rings. The third-order valence-electron chi connectivity index (χ3n) is 10.7. The molecule has 11 heteroatoms. The van der Waals surface area contributed by atoms with Gasteiger partial charge in [0.2, 0.25) is 0 Å². The zero-order valence-electron chi connectivity index (χ0n) is 26.9. The summed E-state index contributed by atoms with van der Waals surface area (Å²) in [5.74, 6) is 1.50. The van der Waals surface area contributed by atoms with E-state index < -0.39 is 11.6 Å². The fourth-order valence-electron chi connectivity index (χ4n) is 7.97. The van der Waals surface area contributed by atoms with Gasteiger partial charge in [0.25, 0.3) is 0 Å². The largest absolute Gasteiger partial charge is 0.508 e. The number of halogens is 3. The first kappa shape index (κ1) is 31.5. The van der Waals surface area contributed by atoms with E-state index in [4.69, 9.17) is 32.5 Å². The van der Waals surface area contributed by atoms with Crippen molar-refractivity contribution in [3.63, 3.8) is 0 Å². The van der Waals surface area contributed by atoms with E-state index in [2.05, 4.69) is 26.0 Å². The molecule has 4 aromatic rings. The molecule has 3 aliphatic heterocycles. The van der Waals surface area contributed by atoms with Gasteiger partial charge in [0.15, 0.2) is 5.82 Å². The molecule has 0 radical (unpaired) electrons. The summed E-state index contributed by atoms with van der Waals surface area (Å²) in [5.41, 5.74) is 0.164. The van der Waals surface area contributed by atoms with E-state index >= 15 is 4.39 Å². The highest BCUT2D eigenvalue weighted by atomic mass is 35.5. The number of aromatic nitrogens is 2. The number of benzene rings is 3. The highest BCUT2D eigenvalue weighted by Crippen LogP contribution is 2.48. The highest BCUT2D eigenvalue weighted by molar-refractivity contribution is 6.35. The van der Waals surface area contributed by atoms with Crippen LogP contribution >= 0.6 is 11.6 Å². The third-order valence-corrected chi connectivity index (χ3v) is 11.0. The number of fused-ring (bicyclic) bond motifs is 4. The second kappa shape index (κ2) is 12.3. The predicted molar refractivity (Wildman–Crippen MR) is 183 cm³/mol. The zero-order chi connectivity index (χ0) is 33.2. The van der Waals surface area contributed by atoms with Crippen molar-refractivity contribution in [2.24, 2.45) is 5.41 Å². The summed E-state index contributed by atoms with van der Waals surface area (Å²) in [5, 5.41) is 15.6. The second-order valence-electron chi connectivity index (χ2n) is 14.0. The third kappa shape index (κ3) is 5.71. The molecule has 2 unspecified atom stereocenters. The molecule has 2 atom stereocenters. The van der Waals surface area contributed by atoms with Gasteiger partial charge in [0, 0.05) is 73.7 Å². The van der Waals surface area contributed by atoms with Crippen molar-refractivity contribution in [2.45, 2.75) is 56.7 Å². The fourth-order valence-corrected chi connectivity index (χ4v) is 8.26. The highest BCUT2D eigenvalue weighted by Gasteiger charge is 2.45. The lowest BCUT2D eigenvalue weighted by Gasteiger charge is -2.34. The molecule has 8 nitrogen and oxygen atoms in total. The molecule has 1 aromatic heterocycles. The SMILES string of the molecule is C#Cc1c(F)ccc2cc(O)cc(-c3c(Cl)cc4c(N5CC6CCC(C5)N6)nc(OCC5(CN6CCC(OC)CC6)CC5)nc4c3F)c12. The summed E-state index contributed by atoms with van der Waals surface area (Å²) in [4.78, 5) is 14.2. The summed E-state index contributed by atoms with van der Waals surface area (Å²) in [6.07, 6.45) is 12.3. The number of anilines is 1. The molecule has 1 saturated carbocycles. The number of likely N-dealkylation sites (tertiary alicyclic amines) is 1. The van der Waals surface area contributed by atoms with Crippen LogP contribution in [0.1, 0.15) is 44.1 Å². The summed E-state index contributed by atoms with van der Waals surface area (Å²) < 4.78 is 43.9. The summed E-state index contributed by atoms with van der Waals surface area (Å²) in [7, 11) is 1.78. The molecule has 8 rings (SSSR count). The van der Waals surface area contributed by atoms with Crippen molar-refractivity contribution in [1.29, 1.82) is 0 Å². The normalized spacial score (nSPS) is 22.4. The molecule has 48 heavy (non-hydrogen) atoms. The Bertz CT molecular complexity index is 1940. The Morgan fingerprint density at radius 1 is 1.08 bits per heavy atom. The van der Waals surface area contributed by atoms with Crippen molar-refractivity contribution in [2.75, 3.05) is 51.3 Å². The lowest BCUT2D eigenvalue weighted by Crippen LogP contribution is -2.51. The van der Waals surface area contributed by atoms with Gasteiger partial charge in [-0.2, -0.15) is 9.97 Å². The molecule has 0 spiro atoms. The van der Waals surface area contributed by atoms with Crippen molar-refractivity contribution in [3.8, 4) is 35.2 Å². The van der Waals surface area contributed by atoms with Gasteiger partial charge < -0.3 is 29.7 Å². The average Bonchev–Trinajstić information content (AvgIpc) is 3.77. The molecule has 250 valence electrons. The Labute approximate surface area is 283 Å². The van der Waals surface area contributed by atoms with Gasteiger partial charge in [-0.3, -0.25) is 0 Å². The van der Waals surface area contributed by atoms with Gasteiger partial charge in [-0.05, 0) is 73.7 Å². The fraction of sp³-hybridized carbons (Fsp3) is 0.459. The molecule has 2 bridgehead atoms. The van der Waals surface area contributed by atoms with E-state index in [1.54, 1.807) is 13.2 Å². The first-order chi connectivity index (χ1) is 23.2. The number of piperazine rings is 1. The Balaban J connectivity index is 1.21. The Hall–Kier alpha value is -3.75. The summed E-state index contributed by atoms with van der Waals surface area (Å²) >= 11 is 6.89. The van der Waals surface area contributed by atoms with E-state index in [-0.39, 0.29) is 49.8 Å². The lowest BCUT2D eigenvalue weighted by atomic mass is 9.93. The van der Waals surface area contributed by atoms with Crippen LogP contribution in [0.3, 0.4) is 0 Å². The maximum absolute atomic E-state index is 17.1. The molecule has 2 N–H and O–H groups in total. The lowest BCUT2D eigenvalue weighted by molar-refractivity contribution is 0.0313. The van der Waals surface area contributed by atoms with E-state index in [0.717, 1.165) is 58.2 Å². The Morgan fingerprint density at radius 3 is 2.52 bits per heavy atom. The van der Waals surface area contributed by atoms with E-state index in [1.807, 2.05) is 0 Å². The number of piperidine rings is 1. The summed E-state index contributed by atoms with van der Waals surface area (Å²) in [6.45, 7) is 4.77. The molecule has 1 aliphatic carbocycles. The Morgan fingerprint density at radius 2 is 1.83 bits per heavy atom. The number of hydrogen-bond donors (Lipinski definition) is 2. The maximum atomic E-state index is 17.1. The van der Waals surface area contributed by atoms with Crippen LogP contribution in [-0.4, -0.2) is 84.6 Å². The van der Waals surface area contributed by atoms with Crippen LogP contribution in [0.4, 0.5) is 14.6 Å². The van der Waals surface area contributed by atoms with Crippen LogP contribution in [-0.2, 0) is 4.74 Å². The Kier molecular flexibility index (Phi) is 8.07. The quantitative estimate of drug-likeness (QED) is 0.212. The number of terminal acetylenes is 1. The number of nitrogens with zero attached hydrogens (tertiary/aromatic N) is 4. The average molecular weight is 674 g/mol. The van der Waals surface area contributed by atoms with E-state index in [0.29, 0.717) is 54.5 Å². The topological polar surface area (TPSA) is 83.0 Å². The van der Waals surface area contributed by atoms with Gasteiger partial charge in [-0.25, -0.2) is 8.78 Å². The number of ether oxygens (including phenoxy) is 2. The van der Waals surface area contributed by atoms with Crippen LogP contribution in [0.25, 0.3) is 32.8 Å². The predicted octanol–water partition coefficient (Wildman–Crippen LogP) is 6.28. The standard InChI is InChI=1S/C37H38ClF2N5O3/c1-3-26-30(39)7-4-21-14-24(46)15-27(31(21)26)32-29(38)16-28-34(33(32)40)42-36(43-35(28)45-17-22-5-6-23(18-45)41-22)48-20-37(10-11-37)19-44-12-8-25(47-2)9-13-44/h1,4,7,14-16,22-23,25,41,46H,5-6,8-13,17-20H2,2H3. The minimum Gasteiger partial charge on any atom is -0.508 e. The number of methoxy groups -OCH3 is 1. The molecule has 3 aromatic carbocycles. The van der Waals surface area contributed by atoms with Crippen LogP contribution in [0, 0.1) is 29.4 Å². The minimum atomic E-state index is -0.717. The minimum absolute atomic E-state index is 0.00637. The smallest absolute Gasteiger partial charge is 0.319 e. The van der Waals surface area contributed by atoms with E-state index in [1.165, 1.54) is 24.3 Å². The van der Waals surface area contributed by atoms with Gasteiger partial charge >= 0.3 is 6.01 Å². The van der Waals surface area contributed by atoms with Gasteiger partial charge in [-0.1, -0.05) is 23.6 Å². The second-order valence-corrected chi connectivity index (χ2v) is 14.4. The van der Waals surface area contributed by atoms with Crippen LogP contribution < -0.4 is 15.0 Å². The van der Waals surface area contributed by atoms with Gasteiger partial charge in [0.1, 0.15) is 22.9 Å². The van der Waals surface area contributed by atoms with Crippen LogP contribution in [0.2, 0.25) is 5.02 Å². The van der Waals surface area contributed by atoms with Crippen LogP contribution in [0.5, 0.6) is 11.8 Å². The molecule has 0 amide bonds. The zero-order valence-corrected chi connectivity index (χ0v) is 27.6. The summed E-state index contributed by atoms with van der Waals surface area (Å²) in [6, 6.07) is 7.95. The molecule has 4 aliphatic rings. The maximum Gasteiger partial charge on any atom is 0.319 e. The van der Waals surface area contributed by atoms with E-state index in [9.17, 15) is 9.50 Å². The number of rotatable bonds is 8. The number of aromatic hydroxyl groups is 1. The van der Waals surface area contributed by atoms with Crippen LogP contribution in [0.15, 0.2) is 30.3 Å². The molecular weight excluding hydrogens is 636 g/mol. The number of phenolic OH excluding ortho intramolecular Hbond substituents is 1. The van der Waals surface area contributed by atoms with Crippen molar-refractivity contribution >= 4 is 39.1 Å². The molecule has 4 heterocycles. The van der Waals surface area contributed by atoms with Crippen molar-refractivity contribution in [3.05, 3.63) is 52.6 Å². The number of nitrogens with one attached hydrogen (secondary N) is 1. The first-order valence-electron chi connectivity index (χ1n) is 16.7. The van der Waals surface area contributed by atoms with Crippen molar-refractivity contribution in [1.82, 2.24) is 20.2 Å². The molecule has 3 saturated heterocycles. The van der Waals surface area contributed by atoms with Crippen molar-refractivity contribution < 1.29 is 23.4 Å². The number of hydrogen-bond acceptors (Lipinski definition) is 8.